The highest BCUT2D eigenvalue weighted by Crippen LogP contribution is 2.28. The van der Waals surface area contributed by atoms with Gasteiger partial charge in [-0.15, -0.1) is 0 Å². The first-order valence-electron chi connectivity index (χ1n) is 4.17. The Labute approximate surface area is 84.7 Å². The lowest BCUT2D eigenvalue weighted by Gasteiger charge is -2.02. The third-order valence-corrected chi connectivity index (χ3v) is 2.68. The standard InChI is InChI=1S/C9H10BrN3/c1-5(2)6-3-11-9-7(6)8(10)12-4-13-9/h3-5H,1-2H3,(H,11,12,13). The SMILES string of the molecule is CC(C)c1c[nH]c2ncnc(Br)c12. The lowest BCUT2D eigenvalue weighted by molar-refractivity contribution is 0.874. The number of hydrogen-bond donors (Lipinski definition) is 1. The first-order valence-corrected chi connectivity index (χ1v) is 4.97. The van der Waals surface area contributed by atoms with Crippen LogP contribution in [-0.2, 0) is 0 Å². The van der Waals surface area contributed by atoms with Crippen molar-refractivity contribution in [2.75, 3.05) is 0 Å². The van der Waals surface area contributed by atoms with Gasteiger partial charge in [-0.2, -0.15) is 0 Å². The molecule has 68 valence electrons. The zero-order chi connectivity index (χ0) is 9.42. The van der Waals surface area contributed by atoms with Crippen LogP contribution in [0.2, 0.25) is 0 Å². The van der Waals surface area contributed by atoms with Crippen molar-refractivity contribution in [2.24, 2.45) is 0 Å². The molecule has 13 heavy (non-hydrogen) atoms. The van der Waals surface area contributed by atoms with Crippen molar-refractivity contribution >= 4 is 27.0 Å². The Morgan fingerprint density at radius 3 is 2.85 bits per heavy atom. The van der Waals surface area contributed by atoms with Gasteiger partial charge in [0.05, 0.1) is 5.39 Å². The van der Waals surface area contributed by atoms with E-state index >= 15 is 0 Å². The molecule has 0 bridgehead atoms. The molecule has 0 aliphatic heterocycles. The second-order valence-electron chi connectivity index (χ2n) is 3.29. The molecule has 0 aromatic carbocycles. The summed E-state index contributed by atoms with van der Waals surface area (Å²) >= 11 is 3.42. The van der Waals surface area contributed by atoms with Crippen LogP contribution >= 0.6 is 15.9 Å². The molecule has 0 spiro atoms. The van der Waals surface area contributed by atoms with Crippen molar-refractivity contribution in [3.63, 3.8) is 0 Å². The summed E-state index contributed by atoms with van der Waals surface area (Å²) in [5, 5.41) is 1.09. The average Bonchev–Trinajstić information content (AvgIpc) is 2.49. The van der Waals surface area contributed by atoms with Crippen LogP contribution in [0.25, 0.3) is 11.0 Å². The van der Waals surface area contributed by atoms with Gasteiger partial charge in [0, 0.05) is 6.20 Å². The van der Waals surface area contributed by atoms with Gasteiger partial charge in [0.15, 0.2) is 0 Å². The van der Waals surface area contributed by atoms with Gasteiger partial charge in [0.2, 0.25) is 0 Å². The number of aromatic amines is 1. The molecule has 0 aliphatic rings. The molecule has 2 heterocycles. The lowest BCUT2D eigenvalue weighted by Crippen LogP contribution is -1.87. The van der Waals surface area contributed by atoms with E-state index in [0.717, 1.165) is 15.6 Å². The van der Waals surface area contributed by atoms with Crippen molar-refractivity contribution in [1.29, 1.82) is 0 Å². The smallest absolute Gasteiger partial charge is 0.142 e. The van der Waals surface area contributed by atoms with Crippen LogP contribution in [-0.4, -0.2) is 15.0 Å². The summed E-state index contributed by atoms with van der Waals surface area (Å²) in [6.45, 7) is 4.31. The minimum absolute atomic E-state index is 0.482. The van der Waals surface area contributed by atoms with E-state index in [4.69, 9.17) is 0 Å². The maximum absolute atomic E-state index is 4.15. The summed E-state index contributed by atoms with van der Waals surface area (Å²) in [5.41, 5.74) is 2.15. The van der Waals surface area contributed by atoms with Gasteiger partial charge in [0.1, 0.15) is 16.6 Å². The van der Waals surface area contributed by atoms with E-state index in [1.165, 1.54) is 5.56 Å². The molecule has 2 aromatic rings. The summed E-state index contributed by atoms with van der Waals surface area (Å²) in [6.07, 6.45) is 3.54. The maximum Gasteiger partial charge on any atom is 0.142 e. The van der Waals surface area contributed by atoms with E-state index in [1.807, 2.05) is 6.20 Å². The lowest BCUT2D eigenvalue weighted by atomic mass is 10.1. The molecule has 4 heteroatoms. The predicted octanol–water partition coefficient (Wildman–Crippen LogP) is 2.84. The number of fused-ring (bicyclic) bond motifs is 1. The summed E-state index contributed by atoms with van der Waals surface area (Å²) in [6, 6.07) is 0. The van der Waals surface area contributed by atoms with Crippen LogP contribution in [0, 0.1) is 0 Å². The van der Waals surface area contributed by atoms with Gasteiger partial charge < -0.3 is 4.98 Å². The highest BCUT2D eigenvalue weighted by Gasteiger charge is 2.11. The van der Waals surface area contributed by atoms with Crippen LogP contribution in [0.15, 0.2) is 17.1 Å². The Hall–Kier alpha value is -0.900. The van der Waals surface area contributed by atoms with E-state index < -0.39 is 0 Å². The Morgan fingerprint density at radius 1 is 1.38 bits per heavy atom. The molecule has 0 fully saturated rings. The highest BCUT2D eigenvalue weighted by atomic mass is 79.9. The van der Waals surface area contributed by atoms with Crippen molar-refractivity contribution < 1.29 is 0 Å². The second-order valence-corrected chi connectivity index (χ2v) is 4.04. The van der Waals surface area contributed by atoms with Crippen molar-refractivity contribution in [3.8, 4) is 0 Å². The van der Waals surface area contributed by atoms with Crippen LogP contribution in [0.5, 0.6) is 0 Å². The zero-order valence-corrected chi connectivity index (χ0v) is 9.09. The normalized spacial score (nSPS) is 11.4. The van der Waals surface area contributed by atoms with Gasteiger partial charge in [-0.25, -0.2) is 9.97 Å². The van der Waals surface area contributed by atoms with Crippen molar-refractivity contribution in [3.05, 3.63) is 22.7 Å². The second kappa shape index (κ2) is 3.10. The molecule has 0 saturated carbocycles. The van der Waals surface area contributed by atoms with E-state index in [2.05, 4.69) is 44.7 Å². The topological polar surface area (TPSA) is 41.6 Å². The quantitative estimate of drug-likeness (QED) is 0.778. The first-order chi connectivity index (χ1) is 6.20. The van der Waals surface area contributed by atoms with Crippen LogP contribution in [0.3, 0.4) is 0 Å². The van der Waals surface area contributed by atoms with Crippen LogP contribution in [0.1, 0.15) is 25.3 Å². The summed E-state index contributed by atoms with van der Waals surface area (Å²) in [5.74, 6) is 0.482. The monoisotopic (exact) mass is 239 g/mol. The first kappa shape index (κ1) is 8.69. The molecular weight excluding hydrogens is 230 g/mol. The number of nitrogens with zero attached hydrogens (tertiary/aromatic N) is 2. The Bertz CT molecular complexity index is 433. The van der Waals surface area contributed by atoms with Gasteiger partial charge in [-0.05, 0) is 27.4 Å². The number of rotatable bonds is 1. The molecule has 3 nitrogen and oxygen atoms in total. The molecule has 0 radical (unpaired) electrons. The minimum atomic E-state index is 0.482. The molecular formula is C9H10BrN3. The third kappa shape index (κ3) is 1.35. The fourth-order valence-corrected chi connectivity index (χ4v) is 1.91. The zero-order valence-electron chi connectivity index (χ0n) is 7.50. The van der Waals surface area contributed by atoms with Gasteiger partial charge in [-0.3, -0.25) is 0 Å². The fraction of sp³-hybridized carbons (Fsp3) is 0.333. The molecule has 2 aromatic heterocycles. The number of halogens is 1. The molecule has 0 saturated heterocycles. The summed E-state index contributed by atoms with van der Waals surface area (Å²) < 4.78 is 0.863. The number of aromatic nitrogens is 3. The minimum Gasteiger partial charge on any atom is -0.346 e. The number of hydrogen-bond acceptors (Lipinski definition) is 2. The van der Waals surface area contributed by atoms with Crippen molar-refractivity contribution in [2.45, 2.75) is 19.8 Å². The molecule has 1 N–H and O–H groups in total. The summed E-state index contributed by atoms with van der Waals surface area (Å²) in [7, 11) is 0. The Morgan fingerprint density at radius 2 is 2.15 bits per heavy atom. The van der Waals surface area contributed by atoms with Gasteiger partial charge in [0.25, 0.3) is 0 Å². The predicted molar refractivity (Wildman–Crippen MR) is 55.7 cm³/mol. The fourth-order valence-electron chi connectivity index (χ4n) is 1.40. The summed E-state index contributed by atoms with van der Waals surface area (Å²) in [4.78, 5) is 11.4. The van der Waals surface area contributed by atoms with Gasteiger partial charge >= 0.3 is 0 Å². The van der Waals surface area contributed by atoms with Crippen molar-refractivity contribution in [1.82, 2.24) is 15.0 Å². The van der Waals surface area contributed by atoms with E-state index in [1.54, 1.807) is 6.33 Å². The number of nitrogens with one attached hydrogen (secondary N) is 1. The molecule has 2 rings (SSSR count). The van der Waals surface area contributed by atoms with Crippen LogP contribution in [0.4, 0.5) is 0 Å². The van der Waals surface area contributed by atoms with Crippen LogP contribution < -0.4 is 0 Å². The largest absolute Gasteiger partial charge is 0.346 e. The molecule has 0 unspecified atom stereocenters. The van der Waals surface area contributed by atoms with E-state index in [0.29, 0.717) is 5.92 Å². The number of H-pyrrole nitrogens is 1. The van der Waals surface area contributed by atoms with E-state index in [-0.39, 0.29) is 0 Å². The molecule has 0 aliphatic carbocycles. The maximum atomic E-state index is 4.15. The Balaban J connectivity index is 2.79. The molecule has 0 amide bonds. The third-order valence-electron chi connectivity index (χ3n) is 2.08. The highest BCUT2D eigenvalue weighted by molar-refractivity contribution is 9.10. The Kier molecular flexibility index (Phi) is 2.07. The van der Waals surface area contributed by atoms with E-state index in [9.17, 15) is 0 Å². The van der Waals surface area contributed by atoms with Gasteiger partial charge in [-0.1, -0.05) is 13.8 Å². The molecule has 0 atom stereocenters. The average molecular weight is 240 g/mol.